The lowest BCUT2D eigenvalue weighted by molar-refractivity contribution is 0.224. The lowest BCUT2D eigenvalue weighted by Crippen LogP contribution is -2.39. The SMILES string of the molecule is CC(C)c1cc2c(cc1N(c1cccc(-c3ccccc3)c1)C(C)(C)C)-c1ccccc1C2(C)C.CC1(C)CCC(c2cc(-c3ccccc3)ccc2N(c2cc3c(cc2C2CCC(C)(C)CC2)C(C)(C)c2ccccc2-3)C(C)(C)C)CC1.CCc1cc2c(cc1N(c1cccc(-c3ccccc3)c1)C(C)(C)C)-c1ccccc1C2(C)C.Cc1cc2c(cc1N(c1cccc(-c3ccccc3)c1)C(C)(C)C)-c1ccccc1C2(C)C. The highest BCUT2D eigenvalue weighted by molar-refractivity contribution is 5.93. The van der Waals surface area contributed by atoms with E-state index < -0.39 is 0 Å². The lowest BCUT2D eigenvalue weighted by atomic mass is 9.70. The fourth-order valence-corrected chi connectivity index (χ4v) is 26.2. The van der Waals surface area contributed by atoms with Gasteiger partial charge in [0.1, 0.15) is 0 Å². The summed E-state index contributed by atoms with van der Waals surface area (Å²) in [6.45, 7) is 66.2. The average Bonchev–Trinajstić information content (AvgIpc) is 1.57. The van der Waals surface area contributed by atoms with Crippen molar-refractivity contribution < 1.29 is 0 Å². The van der Waals surface area contributed by atoms with E-state index in [2.05, 4.69) is 571 Å². The summed E-state index contributed by atoms with van der Waals surface area (Å²) >= 11 is 0. The molecule has 0 saturated heterocycles. The smallest absolute Gasteiger partial charge is 0.0457 e. The first-order valence-electron chi connectivity index (χ1n) is 56.1. The van der Waals surface area contributed by atoms with Crippen molar-refractivity contribution in [2.24, 2.45) is 10.8 Å². The maximum absolute atomic E-state index is 2.78. The van der Waals surface area contributed by atoms with E-state index in [1.807, 2.05) is 0 Å². The third-order valence-corrected chi connectivity index (χ3v) is 34.4. The third-order valence-electron chi connectivity index (χ3n) is 34.4. The molecule has 0 aromatic heterocycles. The van der Waals surface area contributed by atoms with Crippen molar-refractivity contribution in [1.82, 2.24) is 0 Å². The van der Waals surface area contributed by atoms with Gasteiger partial charge in [-0.1, -0.05) is 389 Å². The van der Waals surface area contributed by atoms with Gasteiger partial charge in [-0.3, -0.25) is 0 Å². The van der Waals surface area contributed by atoms with E-state index in [-0.39, 0.29) is 43.8 Å². The van der Waals surface area contributed by atoms with Crippen molar-refractivity contribution in [1.29, 1.82) is 0 Å². The van der Waals surface area contributed by atoms with Gasteiger partial charge >= 0.3 is 0 Å². The molecule has 4 nitrogen and oxygen atoms in total. The molecule has 6 aliphatic carbocycles. The van der Waals surface area contributed by atoms with Gasteiger partial charge < -0.3 is 19.6 Å². The maximum atomic E-state index is 2.78. The van der Waals surface area contributed by atoms with Crippen molar-refractivity contribution in [3.05, 3.63) is 430 Å². The first kappa shape index (κ1) is 105. The van der Waals surface area contributed by atoms with Crippen LogP contribution in [-0.4, -0.2) is 22.2 Å². The highest BCUT2D eigenvalue weighted by atomic mass is 15.2. The summed E-state index contributed by atoms with van der Waals surface area (Å²) in [4.78, 5) is 10.4. The van der Waals surface area contributed by atoms with E-state index in [1.54, 1.807) is 11.1 Å². The number of benzene rings is 16. The van der Waals surface area contributed by atoms with Gasteiger partial charge in [0, 0.05) is 89.3 Å². The molecule has 2 fully saturated rings. The molecule has 0 aliphatic heterocycles. The van der Waals surface area contributed by atoms with Crippen molar-refractivity contribution >= 4 is 45.5 Å². The zero-order valence-electron chi connectivity index (χ0n) is 95.4. The zero-order valence-corrected chi connectivity index (χ0v) is 95.4. The molecule has 2 saturated carbocycles. The van der Waals surface area contributed by atoms with E-state index in [0.717, 1.165) is 6.42 Å². The van der Waals surface area contributed by atoms with Crippen molar-refractivity contribution in [2.75, 3.05) is 19.6 Å². The lowest BCUT2D eigenvalue weighted by Gasteiger charge is -2.44. The normalized spacial score (nSPS) is 16.0. The second-order valence-electron chi connectivity index (χ2n) is 52.1. The molecule has 0 spiro atoms. The monoisotopic (exact) mass is 1970 g/mol. The second kappa shape index (κ2) is 40.5. The number of hydrogen-bond donors (Lipinski definition) is 0. The Hall–Kier alpha value is -13.3. The molecule has 16 aromatic carbocycles. The van der Waals surface area contributed by atoms with Crippen LogP contribution in [0.25, 0.3) is 89.0 Å². The minimum absolute atomic E-state index is 0.00288. The summed E-state index contributed by atoms with van der Waals surface area (Å²) < 4.78 is 0. The molecule has 16 aromatic rings. The van der Waals surface area contributed by atoms with Crippen LogP contribution in [0.1, 0.15) is 328 Å². The second-order valence-corrected chi connectivity index (χ2v) is 52.1. The number of hydrogen-bond acceptors (Lipinski definition) is 4. The zero-order chi connectivity index (χ0) is 106. The predicted molar refractivity (Wildman–Crippen MR) is 649 cm³/mol. The fraction of sp³-hybridized carbons (Fsp3) is 0.342. The summed E-state index contributed by atoms with van der Waals surface area (Å²) in [7, 11) is 0. The number of rotatable bonds is 16. The molecule has 0 heterocycles. The summed E-state index contributed by atoms with van der Waals surface area (Å²) in [5.41, 5.74) is 51.0. The summed E-state index contributed by atoms with van der Waals surface area (Å²) in [5.74, 6) is 1.55. The number of nitrogens with zero attached hydrogens (tertiary/aromatic N) is 4. The van der Waals surface area contributed by atoms with Gasteiger partial charge in [-0.2, -0.15) is 0 Å². The predicted octanol–water partition coefficient (Wildman–Crippen LogP) is 41.7. The van der Waals surface area contributed by atoms with Gasteiger partial charge in [0.2, 0.25) is 0 Å². The Balaban J connectivity index is 0.000000127. The van der Waals surface area contributed by atoms with E-state index >= 15 is 0 Å². The molecular formula is C146H164N4. The van der Waals surface area contributed by atoms with Crippen LogP contribution in [0.2, 0.25) is 0 Å². The van der Waals surface area contributed by atoms with Crippen molar-refractivity contribution in [3.63, 3.8) is 0 Å². The fourth-order valence-electron chi connectivity index (χ4n) is 26.2. The standard InChI is InChI=1S/C47H59N.C34H37N.C33H35N.C32H33N/c1-44(2,3)48(42-20-19-35(32-15-11-10-12-16-32)29-37(42)33-21-25-45(4,5)26-22-33)43-31-39-36-17-13-14-18-40(36)47(8,9)41(39)30-38(43)34-23-27-46(6,7)28-24-34;1-23(2)28-21-31-29(27-18-11-12-19-30(27)34(31,6)7)22-32(28)35(33(3,4)5)26-17-13-16-25(20-26)24-14-9-8-10-15-24;1-7-23-21-30-28(27-18-11-12-19-29(27)33(30,5)6)22-31(23)34(32(2,3)4)26-17-13-16-25(20-26)24-14-9-8-10-15-24;1-22-19-29-27(26-17-10-11-18-28(26)32(29,5)6)21-30(22)33(31(2,3)4)25-16-12-15-24(20-25)23-13-8-7-9-14-23/h10-20,29-31,33-34H,21-28H2,1-9H3;8-23H,1-7H3;8-22H,7H2,1-6H3;7-21H,1-6H3. The van der Waals surface area contributed by atoms with E-state index in [1.165, 1.54) is 247 Å². The molecule has 0 unspecified atom stereocenters. The van der Waals surface area contributed by atoms with Gasteiger partial charge in [0.15, 0.2) is 0 Å². The van der Waals surface area contributed by atoms with Gasteiger partial charge in [-0.05, 0) is 411 Å². The Morgan fingerprint density at radius 2 is 0.520 bits per heavy atom. The largest absolute Gasteiger partial charge is 0.336 e. The molecule has 150 heavy (non-hydrogen) atoms. The van der Waals surface area contributed by atoms with Crippen LogP contribution in [0.15, 0.2) is 358 Å². The molecule has 4 heteroatoms. The van der Waals surface area contributed by atoms with Crippen molar-refractivity contribution in [2.45, 2.75) is 313 Å². The van der Waals surface area contributed by atoms with Crippen LogP contribution in [-0.2, 0) is 28.1 Å². The third kappa shape index (κ3) is 20.4. The van der Waals surface area contributed by atoms with Gasteiger partial charge in [0.05, 0.1) is 0 Å². The molecule has 768 valence electrons. The first-order chi connectivity index (χ1) is 71.1. The highest BCUT2D eigenvalue weighted by Crippen LogP contribution is 2.61. The average molecular weight is 1970 g/mol. The van der Waals surface area contributed by atoms with Gasteiger partial charge in [-0.15, -0.1) is 0 Å². The van der Waals surface area contributed by atoms with Gasteiger partial charge in [-0.25, -0.2) is 0 Å². The molecule has 0 bridgehead atoms. The Morgan fingerprint density at radius 3 is 0.867 bits per heavy atom. The maximum Gasteiger partial charge on any atom is 0.0457 e. The van der Waals surface area contributed by atoms with E-state index in [9.17, 15) is 0 Å². The van der Waals surface area contributed by atoms with Gasteiger partial charge in [0.25, 0.3) is 0 Å². The van der Waals surface area contributed by atoms with Crippen LogP contribution in [0.3, 0.4) is 0 Å². The Morgan fingerprint density at radius 1 is 0.240 bits per heavy atom. The Labute approximate surface area is 902 Å². The number of fused-ring (bicyclic) bond motifs is 12. The van der Waals surface area contributed by atoms with E-state index in [0.29, 0.717) is 28.6 Å². The van der Waals surface area contributed by atoms with Crippen LogP contribution in [0.5, 0.6) is 0 Å². The Kier molecular flexibility index (Phi) is 28.4. The van der Waals surface area contributed by atoms with Crippen molar-refractivity contribution in [3.8, 4) is 89.0 Å². The van der Waals surface area contributed by atoms with Crippen LogP contribution in [0, 0.1) is 17.8 Å². The number of anilines is 8. The first-order valence-corrected chi connectivity index (χ1v) is 56.1. The quantitative estimate of drug-likeness (QED) is 0.0956. The minimum atomic E-state index is -0.110. The Bertz CT molecular complexity index is 7610. The number of aryl methyl sites for hydroxylation is 2. The minimum Gasteiger partial charge on any atom is -0.336 e. The van der Waals surface area contributed by atoms with Crippen LogP contribution in [0.4, 0.5) is 45.5 Å². The molecule has 0 radical (unpaired) electrons. The summed E-state index contributed by atoms with van der Waals surface area (Å²) in [5, 5.41) is 0. The highest BCUT2D eigenvalue weighted by Gasteiger charge is 2.46. The van der Waals surface area contributed by atoms with E-state index in [4.69, 9.17) is 0 Å². The summed E-state index contributed by atoms with van der Waals surface area (Å²) in [6.07, 6.45) is 11.2. The van der Waals surface area contributed by atoms with Crippen LogP contribution < -0.4 is 19.6 Å². The molecule has 22 rings (SSSR count). The molecular weight excluding hydrogens is 1810 g/mol. The molecule has 6 aliphatic rings. The molecule has 0 N–H and O–H groups in total. The summed E-state index contributed by atoms with van der Waals surface area (Å²) in [6, 6.07) is 133. The molecule has 0 atom stereocenters. The van der Waals surface area contributed by atoms with Crippen LogP contribution >= 0.6 is 0 Å². The molecule has 0 amide bonds. The topological polar surface area (TPSA) is 13.0 Å².